The van der Waals surface area contributed by atoms with Crippen LogP contribution in [0.5, 0.6) is 0 Å². The normalized spacial score (nSPS) is 24.3. The zero-order valence-corrected chi connectivity index (χ0v) is 12.0. The number of hydrogen-bond acceptors (Lipinski definition) is 4. The Morgan fingerprint density at radius 1 is 1.37 bits per heavy atom. The molecule has 1 atom stereocenters. The molecule has 1 N–H and O–H groups in total. The van der Waals surface area contributed by atoms with Gasteiger partial charge in [-0.15, -0.1) is 0 Å². The first-order valence-electron chi connectivity index (χ1n) is 7.49. The SMILES string of the molecule is CCn1cc(C(C)N2CC(N3CCNCC3)C2)cn1. The lowest BCUT2D eigenvalue weighted by molar-refractivity contribution is 0.00346. The van der Waals surface area contributed by atoms with Crippen LogP contribution in [-0.4, -0.2) is 64.9 Å². The lowest BCUT2D eigenvalue weighted by Crippen LogP contribution is -2.62. The van der Waals surface area contributed by atoms with Crippen LogP contribution in [0, 0.1) is 0 Å². The molecule has 106 valence electrons. The zero-order valence-electron chi connectivity index (χ0n) is 12.0. The Morgan fingerprint density at radius 2 is 2.11 bits per heavy atom. The molecular weight excluding hydrogens is 238 g/mol. The first-order valence-corrected chi connectivity index (χ1v) is 7.49. The van der Waals surface area contributed by atoms with Crippen molar-refractivity contribution >= 4 is 0 Å². The van der Waals surface area contributed by atoms with E-state index in [4.69, 9.17) is 0 Å². The van der Waals surface area contributed by atoms with Gasteiger partial charge in [-0.2, -0.15) is 5.10 Å². The van der Waals surface area contributed by atoms with Crippen LogP contribution in [0.2, 0.25) is 0 Å². The van der Waals surface area contributed by atoms with Gasteiger partial charge < -0.3 is 5.32 Å². The minimum Gasteiger partial charge on any atom is -0.314 e. The van der Waals surface area contributed by atoms with Crippen molar-refractivity contribution in [3.05, 3.63) is 18.0 Å². The highest BCUT2D eigenvalue weighted by atomic mass is 15.3. The van der Waals surface area contributed by atoms with E-state index in [-0.39, 0.29) is 0 Å². The van der Waals surface area contributed by atoms with Gasteiger partial charge in [0, 0.05) is 69.7 Å². The highest BCUT2D eigenvalue weighted by molar-refractivity contribution is 5.11. The molecule has 0 saturated carbocycles. The minimum atomic E-state index is 0.500. The molecule has 3 heterocycles. The van der Waals surface area contributed by atoms with Gasteiger partial charge in [0.15, 0.2) is 0 Å². The van der Waals surface area contributed by atoms with Crippen molar-refractivity contribution in [1.82, 2.24) is 24.9 Å². The molecule has 0 bridgehead atoms. The van der Waals surface area contributed by atoms with E-state index in [1.807, 2.05) is 10.9 Å². The first kappa shape index (κ1) is 13.1. The van der Waals surface area contributed by atoms with Gasteiger partial charge in [-0.25, -0.2) is 0 Å². The van der Waals surface area contributed by atoms with Crippen LogP contribution in [0.1, 0.15) is 25.5 Å². The highest BCUT2D eigenvalue weighted by Crippen LogP contribution is 2.27. The van der Waals surface area contributed by atoms with E-state index >= 15 is 0 Å². The molecule has 1 unspecified atom stereocenters. The molecule has 2 fully saturated rings. The standard InChI is InChI=1S/C14H25N5/c1-3-19-9-13(8-16-19)12(2)18-10-14(11-18)17-6-4-15-5-7-17/h8-9,12,14-15H,3-7,10-11H2,1-2H3. The summed E-state index contributed by atoms with van der Waals surface area (Å²) >= 11 is 0. The Labute approximate surface area is 115 Å². The number of rotatable bonds is 4. The summed E-state index contributed by atoms with van der Waals surface area (Å²) in [6.07, 6.45) is 4.20. The molecule has 2 aliphatic rings. The van der Waals surface area contributed by atoms with Crippen molar-refractivity contribution < 1.29 is 0 Å². The van der Waals surface area contributed by atoms with Crippen LogP contribution in [0.15, 0.2) is 12.4 Å². The number of hydrogen-bond donors (Lipinski definition) is 1. The number of aromatic nitrogens is 2. The van der Waals surface area contributed by atoms with Gasteiger partial charge >= 0.3 is 0 Å². The first-order chi connectivity index (χ1) is 9.28. The quantitative estimate of drug-likeness (QED) is 0.861. The van der Waals surface area contributed by atoms with Crippen LogP contribution < -0.4 is 5.32 Å². The second kappa shape index (κ2) is 5.61. The third kappa shape index (κ3) is 2.68. The summed E-state index contributed by atoms with van der Waals surface area (Å²) in [6, 6.07) is 1.27. The summed E-state index contributed by atoms with van der Waals surface area (Å²) in [6.45, 7) is 12.5. The van der Waals surface area contributed by atoms with E-state index in [1.54, 1.807) is 0 Å². The number of likely N-dealkylation sites (tertiary alicyclic amines) is 1. The van der Waals surface area contributed by atoms with Gasteiger partial charge in [-0.1, -0.05) is 0 Å². The summed E-state index contributed by atoms with van der Waals surface area (Å²) in [5.41, 5.74) is 1.35. The molecular formula is C14H25N5. The fraction of sp³-hybridized carbons (Fsp3) is 0.786. The van der Waals surface area contributed by atoms with Crippen LogP contribution >= 0.6 is 0 Å². The van der Waals surface area contributed by atoms with Crippen LogP contribution in [-0.2, 0) is 6.54 Å². The van der Waals surface area contributed by atoms with Crippen molar-refractivity contribution in [3.63, 3.8) is 0 Å². The second-order valence-corrected chi connectivity index (χ2v) is 5.70. The molecule has 1 aromatic rings. The molecule has 2 saturated heterocycles. The van der Waals surface area contributed by atoms with Gasteiger partial charge in [0.25, 0.3) is 0 Å². The van der Waals surface area contributed by atoms with Gasteiger partial charge in [0.2, 0.25) is 0 Å². The van der Waals surface area contributed by atoms with E-state index in [1.165, 1.54) is 31.7 Å². The van der Waals surface area contributed by atoms with E-state index in [0.29, 0.717) is 6.04 Å². The highest BCUT2D eigenvalue weighted by Gasteiger charge is 2.35. The molecule has 1 aromatic heterocycles. The van der Waals surface area contributed by atoms with E-state index < -0.39 is 0 Å². The Hall–Kier alpha value is -0.910. The lowest BCUT2D eigenvalue weighted by atomic mass is 10.0. The molecule has 0 spiro atoms. The number of aryl methyl sites for hydroxylation is 1. The van der Waals surface area contributed by atoms with E-state index in [9.17, 15) is 0 Å². The van der Waals surface area contributed by atoms with Crippen LogP contribution in [0.25, 0.3) is 0 Å². The largest absolute Gasteiger partial charge is 0.314 e. The number of piperazine rings is 1. The number of nitrogens with one attached hydrogen (secondary N) is 1. The van der Waals surface area contributed by atoms with Gasteiger partial charge in [0.1, 0.15) is 0 Å². The topological polar surface area (TPSA) is 36.3 Å². The molecule has 0 aliphatic carbocycles. The summed E-state index contributed by atoms with van der Waals surface area (Å²) in [7, 11) is 0. The maximum Gasteiger partial charge on any atom is 0.0537 e. The summed E-state index contributed by atoms with van der Waals surface area (Å²) in [5.74, 6) is 0. The Morgan fingerprint density at radius 3 is 2.74 bits per heavy atom. The third-order valence-corrected chi connectivity index (χ3v) is 4.57. The monoisotopic (exact) mass is 263 g/mol. The Bertz CT molecular complexity index is 404. The van der Waals surface area contributed by atoms with Crippen LogP contribution in [0.3, 0.4) is 0 Å². The average Bonchev–Trinajstić information content (AvgIpc) is 2.87. The third-order valence-electron chi connectivity index (χ3n) is 4.57. The predicted octanol–water partition coefficient (Wildman–Crippen LogP) is 0.553. The maximum absolute atomic E-state index is 4.38. The van der Waals surface area contributed by atoms with Gasteiger partial charge in [-0.3, -0.25) is 14.5 Å². The zero-order chi connectivity index (χ0) is 13.2. The van der Waals surface area contributed by atoms with Crippen molar-refractivity contribution in [3.8, 4) is 0 Å². The van der Waals surface area contributed by atoms with E-state index in [2.05, 4.69) is 40.3 Å². The Balaban J connectivity index is 1.51. The van der Waals surface area contributed by atoms with Gasteiger partial charge in [-0.05, 0) is 13.8 Å². The molecule has 2 aliphatic heterocycles. The minimum absolute atomic E-state index is 0.500. The predicted molar refractivity (Wildman–Crippen MR) is 76.1 cm³/mol. The van der Waals surface area contributed by atoms with E-state index in [0.717, 1.165) is 25.7 Å². The summed E-state index contributed by atoms with van der Waals surface area (Å²) < 4.78 is 2.01. The second-order valence-electron chi connectivity index (χ2n) is 5.70. The summed E-state index contributed by atoms with van der Waals surface area (Å²) in [5, 5.41) is 7.80. The van der Waals surface area contributed by atoms with Crippen molar-refractivity contribution in [2.45, 2.75) is 32.5 Å². The average molecular weight is 263 g/mol. The molecule has 5 nitrogen and oxygen atoms in total. The van der Waals surface area contributed by atoms with Crippen molar-refractivity contribution in [1.29, 1.82) is 0 Å². The number of nitrogens with zero attached hydrogens (tertiary/aromatic N) is 4. The molecule has 5 heteroatoms. The lowest BCUT2D eigenvalue weighted by Gasteiger charge is -2.49. The molecule has 19 heavy (non-hydrogen) atoms. The molecule has 3 rings (SSSR count). The molecule has 0 amide bonds. The fourth-order valence-electron chi connectivity index (χ4n) is 3.06. The fourth-order valence-corrected chi connectivity index (χ4v) is 3.06. The maximum atomic E-state index is 4.38. The summed E-state index contributed by atoms with van der Waals surface area (Å²) in [4.78, 5) is 5.19. The Kier molecular flexibility index (Phi) is 3.86. The molecule has 0 radical (unpaired) electrons. The molecule has 0 aromatic carbocycles. The van der Waals surface area contributed by atoms with Gasteiger partial charge in [0.05, 0.1) is 6.20 Å². The van der Waals surface area contributed by atoms with Crippen LogP contribution in [0.4, 0.5) is 0 Å². The van der Waals surface area contributed by atoms with Crippen molar-refractivity contribution in [2.75, 3.05) is 39.3 Å². The van der Waals surface area contributed by atoms with Crippen molar-refractivity contribution in [2.24, 2.45) is 0 Å². The smallest absolute Gasteiger partial charge is 0.0537 e.